The summed E-state index contributed by atoms with van der Waals surface area (Å²) in [4.78, 5) is 14.6. The van der Waals surface area contributed by atoms with Crippen LogP contribution in [0.25, 0.3) is 0 Å². The topological polar surface area (TPSA) is 83.2 Å². The first-order valence-corrected chi connectivity index (χ1v) is 4.47. The molecule has 0 saturated carbocycles. The van der Waals surface area contributed by atoms with Gasteiger partial charge in [-0.2, -0.15) is 5.26 Å². The predicted octanol–water partition coefficient (Wildman–Crippen LogP) is 1.31. The fraction of sp³-hybridized carbons (Fsp3) is 0.300. The maximum atomic E-state index is 12.6. The van der Waals surface area contributed by atoms with Gasteiger partial charge < -0.3 is 9.84 Å². The van der Waals surface area contributed by atoms with E-state index in [0.717, 1.165) is 13.3 Å². The second-order valence-corrected chi connectivity index (χ2v) is 3.04. The first-order chi connectivity index (χ1) is 8.01. The van der Waals surface area contributed by atoms with Gasteiger partial charge in [-0.3, -0.25) is 9.78 Å². The van der Waals surface area contributed by atoms with Gasteiger partial charge in [-0.15, -0.1) is 0 Å². The zero-order valence-electron chi connectivity index (χ0n) is 8.78. The number of carbonyl (C=O) groups excluding carboxylic acids is 1. The van der Waals surface area contributed by atoms with Crippen molar-refractivity contribution in [1.29, 1.82) is 5.26 Å². The highest BCUT2D eigenvalue weighted by Crippen LogP contribution is 2.31. The van der Waals surface area contributed by atoms with Crippen molar-refractivity contribution in [2.75, 3.05) is 7.11 Å². The van der Waals surface area contributed by atoms with Gasteiger partial charge in [0.25, 0.3) is 6.43 Å². The fourth-order valence-corrected chi connectivity index (χ4v) is 1.25. The standard InChI is InChI=1S/C10H8F2N2O3/c1-17-8(16)2-6-5(3-13)9(10(11)12)7(15)4-14-6/h4,10,15H,2H2,1H3. The highest BCUT2D eigenvalue weighted by Gasteiger charge is 2.23. The maximum absolute atomic E-state index is 12.6. The van der Waals surface area contributed by atoms with Crippen LogP contribution in [0.1, 0.15) is 23.2 Å². The third-order valence-corrected chi connectivity index (χ3v) is 2.05. The van der Waals surface area contributed by atoms with Gasteiger partial charge in [-0.05, 0) is 0 Å². The lowest BCUT2D eigenvalue weighted by molar-refractivity contribution is -0.139. The maximum Gasteiger partial charge on any atom is 0.311 e. The van der Waals surface area contributed by atoms with Gasteiger partial charge in [0.15, 0.2) is 0 Å². The molecule has 0 radical (unpaired) electrons. The van der Waals surface area contributed by atoms with Crippen molar-refractivity contribution in [3.05, 3.63) is 23.0 Å². The first-order valence-electron chi connectivity index (χ1n) is 4.47. The highest BCUT2D eigenvalue weighted by atomic mass is 19.3. The van der Waals surface area contributed by atoms with Crippen LogP contribution in [-0.4, -0.2) is 23.2 Å². The zero-order chi connectivity index (χ0) is 13.0. The second-order valence-electron chi connectivity index (χ2n) is 3.04. The van der Waals surface area contributed by atoms with E-state index in [2.05, 4.69) is 9.72 Å². The monoisotopic (exact) mass is 242 g/mol. The molecule has 1 aromatic rings. The molecule has 0 aliphatic rings. The number of hydrogen-bond donors (Lipinski definition) is 1. The van der Waals surface area contributed by atoms with E-state index < -0.39 is 35.7 Å². The average molecular weight is 242 g/mol. The summed E-state index contributed by atoms with van der Waals surface area (Å²) in [5, 5.41) is 18.0. The second kappa shape index (κ2) is 5.21. The molecule has 1 N–H and O–H groups in total. The molecule has 0 unspecified atom stereocenters. The van der Waals surface area contributed by atoms with Gasteiger partial charge in [0, 0.05) is 0 Å². The lowest BCUT2D eigenvalue weighted by Gasteiger charge is -2.08. The van der Waals surface area contributed by atoms with Crippen LogP contribution < -0.4 is 0 Å². The van der Waals surface area contributed by atoms with Crippen molar-refractivity contribution < 1.29 is 23.4 Å². The van der Waals surface area contributed by atoms with E-state index in [9.17, 15) is 18.7 Å². The number of aromatic hydroxyl groups is 1. The average Bonchev–Trinajstić information content (AvgIpc) is 2.30. The van der Waals surface area contributed by atoms with Gasteiger partial charge in [0.05, 0.1) is 36.5 Å². The summed E-state index contributed by atoms with van der Waals surface area (Å²) in [5.41, 5.74) is -1.46. The third kappa shape index (κ3) is 2.66. The van der Waals surface area contributed by atoms with Gasteiger partial charge >= 0.3 is 5.97 Å². The molecule has 5 nitrogen and oxygen atoms in total. The van der Waals surface area contributed by atoms with Crippen LogP contribution in [0.3, 0.4) is 0 Å². The number of aromatic nitrogens is 1. The van der Waals surface area contributed by atoms with E-state index in [1.165, 1.54) is 6.07 Å². The third-order valence-electron chi connectivity index (χ3n) is 2.05. The zero-order valence-corrected chi connectivity index (χ0v) is 8.78. The number of carbonyl (C=O) groups is 1. The lowest BCUT2D eigenvalue weighted by Crippen LogP contribution is -2.09. The number of ether oxygens (including phenoxy) is 1. The summed E-state index contributed by atoms with van der Waals surface area (Å²) in [6, 6.07) is 1.51. The number of pyridine rings is 1. The Morgan fingerprint density at radius 2 is 2.35 bits per heavy atom. The van der Waals surface area contributed by atoms with Crippen molar-refractivity contribution in [2.45, 2.75) is 12.8 Å². The Morgan fingerprint density at radius 1 is 1.71 bits per heavy atom. The van der Waals surface area contributed by atoms with E-state index in [4.69, 9.17) is 5.26 Å². The molecule has 7 heteroatoms. The lowest BCUT2D eigenvalue weighted by atomic mass is 10.1. The van der Waals surface area contributed by atoms with Crippen LogP contribution >= 0.6 is 0 Å². The molecule has 17 heavy (non-hydrogen) atoms. The van der Waals surface area contributed by atoms with Crippen LogP contribution in [0.5, 0.6) is 5.75 Å². The van der Waals surface area contributed by atoms with Crippen molar-refractivity contribution in [2.24, 2.45) is 0 Å². The quantitative estimate of drug-likeness (QED) is 0.808. The predicted molar refractivity (Wildman–Crippen MR) is 51.3 cm³/mol. The van der Waals surface area contributed by atoms with E-state index in [1.807, 2.05) is 0 Å². The van der Waals surface area contributed by atoms with Gasteiger partial charge in [0.1, 0.15) is 11.8 Å². The van der Waals surface area contributed by atoms with E-state index in [-0.39, 0.29) is 5.69 Å². The van der Waals surface area contributed by atoms with Crippen molar-refractivity contribution in [3.63, 3.8) is 0 Å². The van der Waals surface area contributed by atoms with Crippen LogP contribution in [0.2, 0.25) is 0 Å². The van der Waals surface area contributed by atoms with Crippen LogP contribution in [-0.2, 0) is 16.0 Å². The van der Waals surface area contributed by atoms with Gasteiger partial charge in [0.2, 0.25) is 0 Å². The van der Waals surface area contributed by atoms with Crippen LogP contribution in [0.4, 0.5) is 8.78 Å². The Kier molecular flexibility index (Phi) is 3.93. The SMILES string of the molecule is COC(=O)Cc1ncc(O)c(C(F)F)c1C#N. The Bertz CT molecular complexity index is 483. The minimum absolute atomic E-state index is 0.146. The molecule has 1 rings (SSSR count). The largest absolute Gasteiger partial charge is 0.506 e. The highest BCUT2D eigenvalue weighted by molar-refractivity contribution is 5.73. The Labute approximate surface area is 95.3 Å². The van der Waals surface area contributed by atoms with E-state index >= 15 is 0 Å². The number of hydrogen-bond acceptors (Lipinski definition) is 5. The summed E-state index contributed by atoms with van der Waals surface area (Å²) in [6.45, 7) is 0. The van der Waals surface area contributed by atoms with Crippen molar-refractivity contribution in [3.8, 4) is 11.8 Å². The van der Waals surface area contributed by atoms with E-state index in [0.29, 0.717) is 0 Å². The molecule has 0 saturated heterocycles. The van der Waals surface area contributed by atoms with Crippen LogP contribution in [0.15, 0.2) is 6.20 Å². The minimum Gasteiger partial charge on any atom is -0.506 e. The number of esters is 1. The minimum atomic E-state index is -3.02. The number of alkyl halides is 2. The number of rotatable bonds is 3. The van der Waals surface area contributed by atoms with Crippen LogP contribution in [0, 0.1) is 11.3 Å². The van der Waals surface area contributed by atoms with Gasteiger partial charge in [-0.25, -0.2) is 8.78 Å². The smallest absolute Gasteiger partial charge is 0.311 e. The number of methoxy groups -OCH3 is 1. The molecule has 90 valence electrons. The number of nitrogens with zero attached hydrogens (tertiary/aromatic N) is 2. The van der Waals surface area contributed by atoms with Crippen molar-refractivity contribution >= 4 is 5.97 Å². The Balaban J connectivity index is 3.29. The van der Waals surface area contributed by atoms with Crippen molar-refractivity contribution in [1.82, 2.24) is 4.98 Å². The molecule has 0 fully saturated rings. The number of halogens is 2. The Hall–Kier alpha value is -2.23. The summed E-state index contributed by atoms with van der Waals surface area (Å²) in [6.07, 6.45) is -2.65. The first kappa shape index (κ1) is 12.8. The normalized spacial score (nSPS) is 10.1. The summed E-state index contributed by atoms with van der Waals surface area (Å²) in [7, 11) is 1.13. The number of nitriles is 1. The molecule has 1 aromatic heterocycles. The molecule has 0 amide bonds. The van der Waals surface area contributed by atoms with Gasteiger partial charge in [-0.1, -0.05) is 0 Å². The Morgan fingerprint density at radius 3 is 2.82 bits per heavy atom. The van der Waals surface area contributed by atoms with E-state index in [1.54, 1.807) is 0 Å². The molecule has 0 aliphatic carbocycles. The fourth-order valence-electron chi connectivity index (χ4n) is 1.25. The molecule has 0 aromatic carbocycles. The molecular weight excluding hydrogens is 234 g/mol. The summed E-state index contributed by atoms with van der Waals surface area (Å²) in [5.74, 6) is -1.48. The summed E-state index contributed by atoms with van der Waals surface area (Å²) >= 11 is 0. The molecule has 1 heterocycles. The summed E-state index contributed by atoms with van der Waals surface area (Å²) < 4.78 is 29.6. The molecule has 0 atom stereocenters. The molecule has 0 aliphatic heterocycles. The molecule has 0 bridgehead atoms. The molecular formula is C10H8F2N2O3. The molecule has 0 spiro atoms.